The predicted molar refractivity (Wildman–Crippen MR) is 61.5 cm³/mol. The van der Waals surface area contributed by atoms with Gasteiger partial charge in [0.2, 0.25) is 10.0 Å². The number of benzene rings is 1. The number of aromatic carboxylic acids is 1. The average molecular weight is 263 g/mol. The number of carbonyl (C=O) groups is 1. The van der Waals surface area contributed by atoms with Crippen LogP contribution in [0.4, 0.5) is 5.69 Å². The Morgan fingerprint density at radius 3 is 2.56 bits per heavy atom. The molecule has 0 fully saturated rings. The molecular weight excluding hydrogens is 254 g/mol. The highest BCUT2D eigenvalue weighted by molar-refractivity contribution is 8.04. The molecule has 0 saturated carbocycles. The second-order valence-corrected chi connectivity index (χ2v) is 5.35. The molecule has 0 saturated heterocycles. The zero-order valence-electron chi connectivity index (χ0n) is 7.91. The van der Waals surface area contributed by atoms with Crippen LogP contribution >= 0.6 is 12.6 Å². The molecule has 0 aromatic heterocycles. The van der Waals surface area contributed by atoms with E-state index in [1.54, 1.807) is 0 Å². The van der Waals surface area contributed by atoms with E-state index in [0.29, 0.717) is 0 Å². The first-order valence-corrected chi connectivity index (χ1v) is 6.32. The topological polar surface area (TPSA) is 104 Å². The van der Waals surface area contributed by atoms with Crippen molar-refractivity contribution in [1.82, 2.24) is 0 Å². The summed E-state index contributed by atoms with van der Waals surface area (Å²) in [5.74, 6) is -1.53. The van der Waals surface area contributed by atoms with Crippen molar-refractivity contribution in [3.8, 4) is 5.75 Å². The molecule has 0 spiro atoms. The van der Waals surface area contributed by atoms with E-state index in [1.807, 2.05) is 4.72 Å². The highest BCUT2D eigenvalue weighted by Gasteiger charge is 2.15. The Morgan fingerprint density at radius 2 is 2.06 bits per heavy atom. The smallest absolute Gasteiger partial charge is 0.337 e. The second-order valence-electron chi connectivity index (χ2n) is 2.88. The molecule has 0 aliphatic heterocycles. The van der Waals surface area contributed by atoms with E-state index in [0.717, 1.165) is 18.2 Å². The zero-order chi connectivity index (χ0) is 12.3. The summed E-state index contributed by atoms with van der Waals surface area (Å²) >= 11 is 3.58. The van der Waals surface area contributed by atoms with E-state index < -0.39 is 21.1 Å². The van der Waals surface area contributed by atoms with Crippen LogP contribution in [0.2, 0.25) is 0 Å². The van der Waals surface area contributed by atoms with Crippen molar-refractivity contribution in [3.05, 3.63) is 23.8 Å². The van der Waals surface area contributed by atoms with Gasteiger partial charge in [0.05, 0.1) is 11.3 Å². The second kappa shape index (κ2) is 4.62. The van der Waals surface area contributed by atoms with Crippen molar-refractivity contribution >= 4 is 34.3 Å². The lowest BCUT2D eigenvalue weighted by molar-refractivity contribution is 0.0698. The standard InChI is InChI=1S/C8H9NO5S2/c10-5-1-2-6(8(11)12)7(3-5)9-16(13,14)4-15/h1-3,9-10,15H,4H2,(H,11,12). The maximum Gasteiger partial charge on any atom is 0.337 e. The summed E-state index contributed by atoms with van der Waals surface area (Å²) in [4.78, 5) is 10.8. The van der Waals surface area contributed by atoms with E-state index in [1.165, 1.54) is 0 Å². The third-order valence-corrected chi connectivity index (χ3v) is 3.56. The van der Waals surface area contributed by atoms with Crippen molar-refractivity contribution in [1.29, 1.82) is 0 Å². The molecule has 1 rings (SSSR count). The number of aromatic hydroxyl groups is 1. The van der Waals surface area contributed by atoms with Gasteiger partial charge in [0, 0.05) is 6.07 Å². The highest BCUT2D eigenvalue weighted by Crippen LogP contribution is 2.22. The molecule has 0 radical (unpaired) electrons. The molecule has 16 heavy (non-hydrogen) atoms. The van der Waals surface area contributed by atoms with E-state index in [9.17, 15) is 13.2 Å². The molecule has 0 bridgehead atoms. The number of phenolic OH excluding ortho intramolecular Hbond substituents is 1. The van der Waals surface area contributed by atoms with Gasteiger partial charge >= 0.3 is 5.97 Å². The number of thiol groups is 1. The van der Waals surface area contributed by atoms with Crippen molar-refractivity contribution in [2.75, 3.05) is 9.81 Å². The number of sulfonamides is 1. The van der Waals surface area contributed by atoms with Gasteiger partial charge < -0.3 is 10.2 Å². The lowest BCUT2D eigenvalue weighted by Crippen LogP contribution is -2.16. The summed E-state index contributed by atoms with van der Waals surface area (Å²) in [5, 5.41) is 17.4. The zero-order valence-corrected chi connectivity index (χ0v) is 9.62. The summed E-state index contributed by atoms with van der Waals surface area (Å²) in [6.07, 6.45) is 0. The van der Waals surface area contributed by atoms with Crippen LogP contribution in [-0.4, -0.2) is 29.7 Å². The molecule has 0 aliphatic rings. The normalized spacial score (nSPS) is 11.1. The Labute approximate surface area is 97.4 Å². The predicted octanol–water partition coefficient (Wildman–Crippen LogP) is 0.719. The molecule has 8 heteroatoms. The van der Waals surface area contributed by atoms with Crippen molar-refractivity contribution in [2.24, 2.45) is 0 Å². The van der Waals surface area contributed by atoms with Crippen LogP contribution in [0.3, 0.4) is 0 Å². The lowest BCUT2D eigenvalue weighted by Gasteiger charge is -2.09. The first-order valence-electron chi connectivity index (χ1n) is 4.03. The summed E-state index contributed by atoms with van der Waals surface area (Å²) in [6.45, 7) is 0. The highest BCUT2D eigenvalue weighted by atomic mass is 32.3. The van der Waals surface area contributed by atoms with Gasteiger partial charge in [-0.2, -0.15) is 12.6 Å². The van der Waals surface area contributed by atoms with Gasteiger partial charge in [-0.1, -0.05) is 0 Å². The molecule has 6 nitrogen and oxygen atoms in total. The summed E-state index contributed by atoms with van der Waals surface area (Å²) in [6, 6.07) is 3.28. The first-order chi connectivity index (χ1) is 7.35. The van der Waals surface area contributed by atoms with Crippen molar-refractivity contribution in [3.63, 3.8) is 0 Å². The van der Waals surface area contributed by atoms with Gasteiger partial charge in [-0.3, -0.25) is 4.72 Å². The Balaban J connectivity index is 3.21. The van der Waals surface area contributed by atoms with Gasteiger partial charge in [0.1, 0.15) is 10.8 Å². The molecule has 1 aromatic carbocycles. The summed E-state index contributed by atoms with van der Waals surface area (Å²) in [5.41, 5.74) is -0.440. The number of hydrogen-bond donors (Lipinski definition) is 4. The van der Waals surface area contributed by atoms with Gasteiger partial charge in [0.25, 0.3) is 0 Å². The number of hydrogen-bond acceptors (Lipinski definition) is 5. The van der Waals surface area contributed by atoms with Gasteiger partial charge in [-0.15, -0.1) is 0 Å². The molecule has 3 N–H and O–H groups in total. The molecule has 0 amide bonds. The van der Waals surface area contributed by atoms with Crippen LogP contribution in [0.5, 0.6) is 5.75 Å². The molecule has 0 aliphatic carbocycles. The third-order valence-electron chi connectivity index (χ3n) is 1.67. The van der Waals surface area contributed by atoms with E-state index in [2.05, 4.69) is 12.6 Å². The minimum Gasteiger partial charge on any atom is -0.508 e. The number of rotatable bonds is 4. The third kappa shape index (κ3) is 3.04. The lowest BCUT2D eigenvalue weighted by atomic mass is 10.2. The number of nitrogens with one attached hydrogen (secondary N) is 1. The van der Waals surface area contributed by atoms with E-state index >= 15 is 0 Å². The van der Waals surface area contributed by atoms with E-state index in [-0.39, 0.29) is 17.0 Å². The summed E-state index contributed by atoms with van der Waals surface area (Å²) < 4.78 is 24.4. The number of carboxylic acid groups (broad SMARTS) is 1. The Hall–Kier alpha value is -1.41. The maximum atomic E-state index is 11.2. The van der Waals surface area contributed by atoms with Gasteiger partial charge in [-0.05, 0) is 12.1 Å². The quantitative estimate of drug-likeness (QED) is 0.599. The first kappa shape index (κ1) is 12.7. The Kier molecular flexibility index (Phi) is 3.66. The number of carboxylic acids is 1. The van der Waals surface area contributed by atoms with Crippen LogP contribution in [0, 0.1) is 0 Å². The SMILES string of the molecule is O=C(O)c1ccc(O)cc1NS(=O)(=O)CS. The van der Waals surface area contributed by atoms with Crippen molar-refractivity contribution < 1.29 is 23.4 Å². The molecule has 1 aromatic rings. The van der Waals surface area contributed by atoms with Gasteiger partial charge in [-0.25, -0.2) is 13.2 Å². The summed E-state index contributed by atoms with van der Waals surface area (Å²) in [7, 11) is -3.71. The fourth-order valence-electron chi connectivity index (χ4n) is 1.00. The largest absolute Gasteiger partial charge is 0.508 e. The molecule has 0 atom stereocenters. The number of phenols is 1. The minimum atomic E-state index is -3.71. The fourth-order valence-corrected chi connectivity index (χ4v) is 1.77. The fraction of sp³-hybridized carbons (Fsp3) is 0.125. The molecular formula is C8H9NO5S2. The monoisotopic (exact) mass is 263 g/mol. The van der Waals surface area contributed by atoms with Crippen molar-refractivity contribution in [2.45, 2.75) is 0 Å². The van der Waals surface area contributed by atoms with E-state index in [4.69, 9.17) is 10.2 Å². The minimum absolute atomic E-state index is 0.193. The van der Waals surface area contributed by atoms with Crippen LogP contribution in [-0.2, 0) is 10.0 Å². The number of anilines is 1. The van der Waals surface area contributed by atoms with Crippen LogP contribution in [0.25, 0.3) is 0 Å². The van der Waals surface area contributed by atoms with Crippen LogP contribution in [0.1, 0.15) is 10.4 Å². The Bertz CT molecular complexity index is 511. The molecule has 0 unspecified atom stereocenters. The van der Waals surface area contributed by atoms with Crippen LogP contribution < -0.4 is 4.72 Å². The molecule has 0 heterocycles. The molecule has 88 valence electrons. The van der Waals surface area contributed by atoms with Gasteiger partial charge in [0.15, 0.2) is 0 Å². The Morgan fingerprint density at radius 1 is 1.44 bits per heavy atom. The maximum absolute atomic E-state index is 11.2. The average Bonchev–Trinajstić information content (AvgIpc) is 2.16. The van der Waals surface area contributed by atoms with Crippen LogP contribution in [0.15, 0.2) is 18.2 Å².